The number of hydrogen-bond donors (Lipinski definition) is 0. The van der Waals surface area contributed by atoms with Gasteiger partial charge in [0, 0.05) is 5.56 Å². The van der Waals surface area contributed by atoms with Crippen molar-refractivity contribution in [2.45, 2.75) is 25.2 Å². The fourth-order valence-corrected chi connectivity index (χ4v) is 2.21. The van der Waals surface area contributed by atoms with Crippen LogP contribution < -0.4 is 4.74 Å². The second-order valence-corrected chi connectivity index (χ2v) is 4.50. The molecule has 0 aromatic heterocycles. The molecular formula is C13H12ClNO2. The minimum Gasteiger partial charge on any atom is -0.495 e. The number of ether oxygens (including phenoxy) is 1. The first-order valence-corrected chi connectivity index (χ1v) is 5.87. The summed E-state index contributed by atoms with van der Waals surface area (Å²) in [6, 6.07) is 5.28. The third kappa shape index (κ3) is 2.13. The zero-order chi connectivity index (χ0) is 12.4. The van der Waals surface area contributed by atoms with Gasteiger partial charge in [0.1, 0.15) is 11.8 Å². The van der Waals surface area contributed by atoms with Crippen LogP contribution in [0, 0.1) is 11.3 Å². The number of nitriles is 1. The van der Waals surface area contributed by atoms with Gasteiger partial charge in [-0.2, -0.15) is 5.26 Å². The molecule has 3 nitrogen and oxygen atoms in total. The minimum atomic E-state index is -0.537. The van der Waals surface area contributed by atoms with E-state index in [2.05, 4.69) is 0 Å². The van der Waals surface area contributed by atoms with Crippen LogP contribution in [0.1, 0.15) is 46.7 Å². The molecule has 17 heavy (non-hydrogen) atoms. The maximum Gasteiger partial charge on any atom is 0.252 e. The quantitative estimate of drug-likeness (QED) is 0.773. The maximum absolute atomic E-state index is 11.2. The number of benzene rings is 1. The van der Waals surface area contributed by atoms with E-state index in [0.29, 0.717) is 22.8 Å². The summed E-state index contributed by atoms with van der Waals surface area (Å²) in [7, 11) is 1.54. The van der Waals surface area contributed by atoms with Crippen LogP contribution in [0.15, 0.2) is 12.1 Å². The number of methoxy groups -OCH3 is 1. The summed E-state index contributed by atoms with van der Waals surface area (Å²) in [5.41, 5.74) is 1.67. The van der Waals surface area contributed by atoms with Gasteiger partial charge in [-0.05, 0) is 48.1 Å². The molecule has 1 aromatic carbocycles. The van der Waals surface area contributed by atoms with E-state index in [4.69, 9.17) is 21.6 Å². The Morgan fingerprint density at radius 1 is 1.53 bits per heavy atom. The number of halogens is 1. The molecule has 0 bridgehead atoms. The van der Waals surface area contributed by atoms with E-state index < -0.39 is 5.24 Å². The molecule has 0 N–H and O–H groups in total. The fourth-order valence-electron chi connectivity index (χ4n) is 2.10. The second kappa shape index (κ2) is 4.77. The third-order valence-corrected chi connectivity index (χ3v) is 3.43. The monoisotopic (exact) mass is 249 g/mol. The van der Waals surface area contributed by atoms with Gasteiger partial charge in [0.05, 0.1) is 12.7 Å². The fraction of sp³-hybridized carbons (Fsp3) is 0.385. The number of hydrogen-bond acceptors (Lipinski definition) is 3. The van der Waals surface area contributed by atoms with Gasteiger partial charge in [-0.3, -0.25) is 4.79 Å². The van der Waals surface area contributed by atoms with Crippen molar-refractivity contribution in [1.29, 1.82) is 5.26 Å². The van der Waals surface area contributed by atoms with E-state index in [-0.39, 0.29) is 0 Å². The van der Waals surface area contributed by atoms with E-state index in [9.17, 15) is 4.79 Å². The van der Waals surface area contributed by atoms with Gasteiger partial charge in [-0.1, -0.05) is 6.42 Å². The summed E-state index contributed by atoms with van der Waals surface area (Å²) in [5, 5.41) is 8.53. The second-order valence-electron chi connectivity index (χ2n) is 4.16. The molecule has 0 aliphatic heterocycles. The highest BCUT2D eigenvalue weighted by molar-refractivity contribution is 6.67. The van der Waals surface area contributed by atoms with Crippen LogP contribution in [0.2, 0.25) is 0 Å². The lowest BCUT2D eigenvalue weighted by molar-refractivity contribution is 0.108. The molecule has 1 aliphatic rings. The van der Waals surface area contributed by atoms with Crippen molar-refractivity contribution in [3.05, 3.63) is 28.8 Å². The van der Waals surface area contributed by atoms with E-state index in [1.165, 1.54) is 12.5 Å². The summed E-state index contributed by atoms with van der Waals surface area (Å²) < 4.78 is 5.28. The zero-order valence-electron chi connectivity index (χ0n) is 9.50. The van der Waals surface area contributed by atoms with E-state index >= 15 is 0 Å². The van der Waals surface area contributed by atoms with Crippen LogP contribution in [-0.2, 0) is 0 Å². The molecule has 0 radical (unpaired) electrons. The average molecular weight is 250 g/mol. The van der Waals surface area contributed by atoms with E-state index in [1.54, 1.807) is 13.2 Å². The van der Waals surface area contributed by atoms with Gasteiger partial charge >= 0.3 is 0 Å². The van der Waals surface area contributed by atoms with Gasteiger partial charge in [-0.25, -0.2) is 0 Å². The molecular weight excluding hydrogens is 238 g/mol. The molecule has 88 valence electrons. The molecule has 0 spiro atoms. The van der Waals surface area contributed by atoms with Crippen LogP contribution in [0.25, 0.3) is 0 Å². The van der Waals surface area contributed by atoms with E-state index in [0.717, 1.165) is 18.4 Å². The van der Waals surface area contributed by atoms with Gasteiger partial charge in [0.25, 0.3) is 5.24 Å². The Kier molecular flexibility index (Phi) is 3.35. The summed E-state index contributed by atoms with van der Waals surface area (Å²) in [6.45, 7) is 0. The normalized spacial score (nSPS) is 14.9. The lowest BCUT2D eigenvalue weighted by atomic mass is 9.78. The molecule has 1 aromatic rings. The van der Waals surface area contributed by atoms with Crippen LogP contribution in [-0.4, -0.2) is 12.4 Å². The lowest BCUT2D eigenvalue weighted by Crippen LogP contribution is -2.12. The number of rotatable bonds is 3. The van der Waals surface area contributed by atoms with Crippen LogP contribution >= 0.6 is 11.6 Å². The number of nitrogens with zero attached hydrogens (tertiary/aromatic N) is 1. The molecule has 0 amide bonds. The molecule has 1 saturated carbocycles. The van der Waals surface area contributed by atoms with Crippen molar-refractivity contribution in [1.82, 2.24) is 0 Å². The zero-order valence-corrected chi connectivity index (χ0v) is 10.3. The summed E-state index contributed by atoms with van der Waals surface area (Å²) >= 11 is 5.48. The first-order valence-electron chi connectivity index (χ1n) is 5.49. The first kappa shape index (κ1) is 11.9. The Hall–Kier alpha value is -1.53. The molecule has 0 atom stereocenters. The van der Waals surface area contributed by atoms with Crippen LogP contribution in [0.5, 0.6) is 5.75 Å². The lowest BCUT2D eigenvalue weighted by Gasteiger charge is -2.28. The smallest absolute Gasteiger partial charge is 0.252 e. The van der Waals surface area contributed by atoms with Gasteiger partial charge in [0.15, 0.2) is 0 Å². The Morgan fingerprint density at radius 2 is 2.24 bits per heavy atom. The summed E-state index contributed by atoms with van der Waals surface area (Å²) in [5.74, 6) is 0.965. The Morgan fingerprint density at radius 3 is 2.65 bits per heavy atom. The summed E-state index contributed by atoms with van der Waals surface area (Å²) in [4.78, 5) is 11.2. The predicted octanol–water partition coefficient (Wildman–Crippen LogP) is 3.21. The van der Waals surface area contributed by atoms with Crippen molar-refractivity contribution in [3.63, 3.8) is 0 Å². The van der Waals surface area contributed by atoms with Crippen LogP contribution in [0.3, 0.4) is 0 Å². The molecule has 2 rings (SSSR count). The topological polar surface area (TPSA) is 50.1 Å². The minimum absolute atomic E-state index is 0.367. The Balaban J connectivity index is 2.57. The number of carbonyl (C=O) groups excluding carboxylic acids is 1. The molecule has 0 unspecified atom stereocenters. The average Bonchev–Trinajstić information content (AvgIpc) is 2.25. The van der Waals surface area contributed by atoms with Crippen molar-refractivity contribution < 1.29 is 9.53 Å². The highest BCUT2D eigenvalue weighted by Gasteiger charge is 2.25. The van der Waals surface area contributed by atoms with Crippen molar-refractivity contribution in [2.24, 2.45) is 0 Å². The molecule has 1 aliphatic carbocycles. The maximum atomic E-state index is 11.2. The van der Waals surface area contributed by atoms with Crippen molar-refractivity contribution >= 4 is 16.8 Å². The largest absolute Gasteiger partial charge is 0.495 e. The first-order chi connectivity index (χ1) is 8.17. The molecule has 1 fully saturated rings. The Bertz CT molecular complexity index is 501. The standard InChI is InChI=1S/C13H12ClNO2/c1-17-12-10(7-15)5-9(13(14)16)6-11(12)8-3-2-4-8/h5-6,8H,2-4H2,1H3. The van der Waals surface area contributed by atoms with Gasteiger partial charge in [-0.15, -0.1) is 0 Å². The molecule has 0 saturated heterocycles. The predicted molar refractivity (Wildman–Crippen MR) is 64.5 cm³/mol. The SMILES string of the molecule is COc1c(C#N)cc(C(=O)Cl)cc1C1CCC1. The van der Waals surface area contributed by atoms with Crippen molar-refractivity contribution in [3.8, 4) is 11.8 Å². The number of carbonyl (C=O) groups is 1. The van der Waals surface area contributed by atoms with Crippen molar-refractivity contribution in [2.75, 3.05) is 7.11 Å². The highest BCUT2D eigenvalue weighted by atomic mass is 35.5. The van der Waals surface area contributed by atoms with Gasteiger partial charge in [0.2, 0.25) is 0 Å². The van der Waals surface area contributed by atoms with Gasteiger partial charge < -0.3 is 4.74 Å². The van der Waals surface area contributed by atoms with Crippen LogP contribution in [0.4, 0.5) is 0 Å². The third-order valence-electron chi connectivity index (χ3n) is 3.21. The van der Waals surface area contributed by atoms with E-state index in [1.807, 2.05) is 6.07 Å². The Labute approximate surface area is 105 Å². The summed E-state index contributed by atoms with van der Waals surface area (Å²) in [6.07, 6.45) is 3.32. The molecule has 4 heteroatoms. The highest BCUT2D eigenvalue weighted by Crippen LogP contribution is 2.42. The molecule has 0 heterocycles.